The van der Waals surface area contributed by atoms with Crippen LogP contribution in [-0.4, -0.2) is 41.9 Å². The van der Waals surface area contributed by atoms with Crippen molar-refractivity contribution in [2.75, 3.05) is 13.1 Å². The lowest BCUT2D eigenvalue weighted by Crippen LogP contribution is -2.59. The van der Waals surface area contributed by atoms with Gasteiger partial charge in [0.15, 0.2) is 0 Å². The Hall–Kier alpha value is -1.88. The molecule has 4 bridgehead atoms. The third kappa shape index (κ3) is 3.57. The molecule has 5 heteroatoms. The molecule has 6 rings (SSSR count). The monoisotopic (exact) mass is 381 g/mol. The van der Waals surface area contributed by atoms with Gasteiger partial charge in [0.2, 0.25) is 11.8 Å². The first-order valence-electron chi connectivity index (χ1n) is 11.0. The number of nitrogens with one attached hydrogen (secondary N) is 2. The molecule has 1 aromatic rings. The third-order valence-corrected chi connectivity index (χ3v) is 7.60. The molecule has 0 radical (unpaired) electrons. The van der Waals surface area contributed by atoms with Gasteiger partial charge in [-0.25, -0.2) is 0 Å². The maximum absolute atomic E-state index is 12.9. The zero-order chi connectivity index (χ0) is 19.1. The van der Waals surface area contributed by atoms with Crippen molar-refractivity contribution in [2.45, 2.75) is 57.2 Å². The standard InChI is InChI=1S/C23H31N3O2/c27-21(25-22-18-9-16-8-17(11-18)12-19(22)10-16)13-20-23(28)24-6-7-26(20)14-15-4-2-1-3-5-15/h1-5,16-20,22H,6-14H2,(H,24,28)(H,25,27)/t16?,17?,18?,19?,20-,22?/m0/s1. The average Bonchev–Trinajstić information content (AvgIpc) is 2.68. The van der Waals surface area contributed by atoms with Crippen molar-refractivity contribution in [3.05, 3.63) is 35.9 Å². The van der Waals surface area contributed by atoms with Crippen LogP contribution in [0, 0.1) is 23.7 Å². The first-order chi connectivity index (χ1) is 13.7. The van der Waals surface area contributed by atoms with Crippen LogP contribution < -0.4 is 10.6 Å². The third-order valence-electron chi connectivity index (χ3n) is 7.60. The summed E-state index contributed by atoms with van der Waals surface area (Å²) in [5, 5.41) is 6.32. The van der Waals surface area contributed by atoms with Crippen molar-refractivity contribution < 1.29 is 9.59 Å². The van der Waals surface area contributed by atoms with E-state index in [0.29, 0.717) is 31.0 Å². The van der Waals surface area contributed by atoms with Gasteiger partial charge in [-0.1, -0.05) is 30.3 Å². The molecule has 0 aromatic heterocycles. The van der Waals surface area contributed by atoms with Crippen molar-refractivity contribution in [1.82, 2.24) is 15.5 Å². The second-order valence-electron chi connectivity index (χ2n) is 9.49. The van der Waals surface area contributed by atoms with Crippen molar-refractivity contribution in [1.29, 1.82) is 0 Å². The molecule has 150 valence electrons. The summed E-state index contributed by atoms with van der Waals surface area (Å²) in [6, 6.07) is 10.2. The number of benzene rings is 1. The first-order valence-corrected chi connectivity index (χ1v) is 11.0. The maximum atomic E-state index is 12.9. The van der Waals surface area contributed by atoms with E-state index in [4.69, 9.17) is 0 Å². The maximum Gasteiger partial charge on any atom is 0.237 e. The van der Waals surface area contributed by atoms with Crippen LogP contribution in [0.3, 0.4) is 0 Å². The molecule has 2 N–H and O–H groups in total. The van der Waals surface area contributed by atoms with Crippen LogP contribution in [0.15, 0.2) is 30.3 Å². The molecule has 1 atom stereocenters. The van der Waals surface area contributed by atoms with Gasteiger partial charge in [0, 0.05) is 25.7 Å². The molecule has 5 aliphatic rings. The van der Waals surface area contributed by atoms with E-state index in [1.165, 1.54) is 37.7 Å². The lowest BCUT2D eigenvalue weighted by molar-refractivity contribution is -0.135. The highest BCUT2D eigenvalue weighted by Gasteiger charge is 2.48. The summed E-state index contributed by atoms with van der Waals surface area (Å²) in [4.78, 5) is 27.6. The minimum absolute atomic E-state index is 0.0117. The average molecular weight is 382 g/mol. The van der Waals surface area contributed by atoms with Crippen LogP contribution in [0.25, 0.3) is 0 Å². The minimum Gasteiger partial charge on any atom is -0.353 e. The summed E-state index contributed by atoms with van der Waals surface area (Å²) in [5.41, 5.74) is 1.18. The quantitative estimate of drug-likeness (QED) is 0.823. The number of piperazine rings is 1. The van der Waals surface area contributed by atoms with E-state index in [2.05, 4.69) is 27.7 Å². The van der Waals surface area contributed by atoms with Gasteiger partial charge in [-0.15, -0.1) is 0 Å². The van der Waals surface area contributed by atoms with Crippen LogP contribution in [0.1, 0.15) is 44.1 Å². The lowest BCUT2D eigenvalue weighted by Gasteiger charge is -2.54. The molecular formula is C23H31N3O2. The van der Waals surface area contributed by atoms with Crippen LogP contribution >= 0.6 is 0 Å². The van der Waals surface area contributed by atoms with E-state index >= 15 is 0 Å². The number of hydrogen-bond donors (Lipinski definition) is 2. The minimum atomic E-state index is -0.370. The van der Waals surface area contributed by atoms with Gasteiger partial charge in [0.05, 0.1) is 12.5 Å². The number of carbonyl (C=O) groups is 2. The summed E-state index contributed by atoms with van der Waals surface area (Å²) >= 11 is 0. The molecule has 2 amide bonds. The topological polar surface area (TPSA) is 61.4 Å². The van der Waals surface area contributed by atoms with Gasteiger partial charge >= 0.3 is 0 Å². The summed E-state index contributed by atoms with van der Waals surface area (Å²) in [5.74, 6) is 3.18. The summed E-state index contributed by atoms with van der Waals surface area (Å²) < 4.78 is 0. The molecule has 5 nitrogen and oxygen atoms in total. The Morgan fingerprint density at radius 3 is 2.39 bits per heavy atom. The van der Waals surface area contributed by atoms with Gasteiger partial charge in [0.25, 0.3) is 0 Å². The van der Waals surface area contributed by atoms with Crippen molar-refractivity contribution in [2.24, 2.45) is 23.7 Å². The Morgan fingerprint density at radius 2 is 1.71 bits per heavy atom. The number of carbonyl (C=O) groups excluding carboxylic acids is 2. The number of nitrogens with zero attached hydrogens (tertiary/aromatic N) is 1. The Bertz CT molecular complexity index is 707. The Kier molecular flexibility index (Phi) is 4.87. The van der Waals surface area contributed by atoms with E-state index in [1.807, 2.05) is 18.2 Å². The molecule has 1 aromatic carbocycles. The largest absolute Gasteiger partial charge is 0.353 e. The zero-order valence-electron chi connectivity index (χ0n) is 16.5. The lowest BCUT2D eigenvalue weighted by atomic mass is 9.54. The SMILES string of the molecule is O=C(C[C@H]1C(=O)NCCN1Cc1ccccc1)NC1C2CC3CC(C2)CC1C3. The molecule has 28 heavy (non-hydrogen) atoms. The van der Waals surface area contributed by atoms with E-state index in [1.54, 1.807) is 0 Å². The molecule has 0 unspecified atom stereocenters. The smallest absolute Gasteiger partial charge is 0.237 e. The summed E-state index contributed by atoms with van der Waals surface area (Å²) in [7, 11) is 0. The fourth-order valence-corrected chi connectivity index (χ4v) is 6.57. The van der Waals surface area contributed by atoms with Gasteiger partial charge < -0.3 is 10.6 Å². The number of amides is 2. The van der Waals surface area contributed by atoms with Crippen molar-refractivity contribution >= 4 is 11.8 Å². The van der Waals surface area contributed by atoms with Crippen LogP contribution in [-0.2, 0) is 16.1 Å². The Morgan fingerprint density at radius 1 is 1.04 bits per heavy atom. The summed E-state index contributed by atoms with van der Waals surface area (Å²) in [6.07, 6.45) is 6.86. The van der Waals surface area contributed by atoms with Crippen LogP contribution in [0.5, 0.6) is 0 Å². The fourth-order valence-electron chi connectivity index (χ4n) is 6.57. The number of hydrogen-bond acceptors (Lipinski definition) is 3. The molecular weight excluding hydrogens is 350 g/mol. The molecule has 0 spiro atoms. The highest BCUT2D eigenvalue weighted by molar-refractivity contribution is 5.89. The second-order valence-corrected chi connectivity index (χ2v) is 9.49. The van der Waals surface area contributed by atoms with Crippen molar-refractivity contribution in [3.63, 3.8) is 0 Å². The number of rotatable bonds is 5. The highest BCUT2D eigenvalue weighted by atomic mass is 16.2. The van der Waals surface area contributed by atoms with E-state index in [9.17, 15) is 9.59 Å². The normalized spacial score (nSPS) is 36.9. The molecule has 4 aliphatic carbocycles. The fraction of sp³-hybridized carbons (Fsp3) is 0.652. The van der Waals surface area contributed by atoms with Gasteiger partial charge in [-0.05, 0) is 61.3 Å². The second kappa shape index (κ2) is 7.51. The van der Waals surface area contributed by atoms with E-state index in [-0.39, 0.29) is 24.3 Å². The molecule has 4 saturated carbocycles. The zero-order valence-corrected chi connectivity index (χ0v) is 16.5. The van der Waals surface area contributed by atoms with Gasteiger partial charge in [0.1, 0.15) is 0 Å². The van der Waals surface area contributed by atoms with Crippen LogP contribution in [0.2, 0.25) is 0 Å². The van der Waals surface area contributed by atoms with Gasteiger partial charge in [-0.2, -0.15) is 0 Å². The Balaban J connectivity index is 1.23. The molecule has 1 aliphatic heterocycles. The predicted molar refractivity (Wildman–Crippen MR) is 107 cm³/mol. The van der Waals surface area contributed by atoms with E-state index < -0.39 is 0 Å². The summed E-state index contributed by atoms with van der Waals surface area (Å²) in [6.45, 7) is 2.15. The van der Waals surface area contributed by atoms with Crippen molar-refractivity contribution in [3.8, 4) is 0 Å². The highest BCUT2D eigenvalue weighted by Crippen LogP contribution is 2.53. The molecule has 1 saturated heterocycles. The van der Waals surface area contributed by atoms with E-state index in [0.717, 1.165) is 18.4 Å². The first kappa shape index (κ1) is 18.2. The van der Waals surface area contributed by atoms with Gasteiger partial charge in [-0.3, -0.25) is 14.5 Å². The molecule has 1 heterocycles. The predicted octanol–water partition coefficient (Wildman–Crippen LogP) is 2.32. The van der Waals surface area contributed by atoms with Crippen LogP contribution in [0.4, 0.5) is 0 Å². The Labute approximate surface area is 167 Å². The molecule has 5 fully saturated rings.